The van der Waals surface area contributed by atoms with Crippen LogP contribution in [0.4, 0.5) is 0 Å². The van der Waals surface area contributed by atoms with Crippen molar-refractivity contribution in [3.63, 3.8) is 0 Å². The molecule has 2 N–H and O–H groups in total. The molecule has 0 saturated carbocycles. The Labute approximate surface area is 90.0 Å². The number of ether oxygens (including phenoxy) is 1. The fourth-order valence-electron chi connectivity index (χ4n) is 1.12. The maximum atomic E-state index is 8.60. The normalized spacial score (nSPS) is 9.27. The summed E-state index contributed by atoms with van der Waals surface area (Å²) >= 11 is 0. The molecule has 1 aromatic carbocycles. The molecule has 0 fully saturated rings. The number of nitrogens with two attached hydrogens (primary N) is 1. The van der Waals surface area contributed by atoms with E-state index >= 15 is 0 Å². The summed E-state index contributed by atoms with van der Waals surface area (Å²) in [5.41, 5.74) is 0.653. The van der Waals surface area contributed by atoms with Crippen molar-refractivity contribution in [3.05, 3.63) is 42.5 Å². The van der Waals surface area contributed by atoms with Gasteiger partial charge in [-0.2, -0.15) is 5.26 Å². The van der Waals surface area contributed by atoms with Crippen molar-refractivity contribution in [2.75, 3.05) is 19.7 Å². The molecule has 1 aromatic rings. The predicted octanol–water partition coefficient (Wildman–Crippen LogP) is 0.686. The van der Waals surface area contributed by atoms with Crippen LogP contribution < -0.4 is 10.1 Å². The average Bonchev–Trinajstić information content (AvgIpc) is 2.30. The third kappa shape index (κ3) is 4.30. The van der Waals surface area contributed by atoms with Gasteiger partial charge in [0, 0.05) is 0 Å². The van der Waals surface area contributed by atoms with Crippen LogP contribution >= 0.6 is 0 Å². The molecule has 3 nitrogen and oxygen atoms in total. The number of nitriles is 1. The highest BCUT2D eigenvalue weighted by Crippen LogP contribution is 2.10. The SMILES string of the molecule is C=CC[NH2+]CCOc1ccc(C#N)cc1. The summed E-state index contributed by atoms with van der Waals surface area (Å²) in [5.74, 6) is 0.806. The lowest BCUT2D eigenvalue weighted by molar-refractivity contribution is -0.646. The first-order valence-electron chi connectivity index (χ1n) is 4.92. The lowest BCUT2D eigenvalue weighted by Gasteiger charge is -2.04. The van der Waals surface area contributed by atoms with E-state index in [-0.39, 0.29) is 0 Å². The van der Waals surface area contributed by atoms with Gasteiger partial charge in [0.25, 0.3) is 0 Å². The van der Waals surface area contributed by atoms with Crippen LogP contribution in [0.3, 0.4) is 0 Å². The second-order valence-electron chi connectivity index (χ2n) is 3.09. The minimum atomic E-state index is 0.653. The molecule has 0 aliphatic heterocycles. The van der Waals surface area contributed by atoms with Crippen LogP contribution in [0.25, 0.3) is 0 Å². The molecule has 15 heavy (non-hydrogen) atoms. The highest BCUT2D eigenvalue weighted by atomic mass is 16.5. The van der Waals surface area contributed by atoms with Gasteiger partial charge in [0.2, 0.25) is 0 Å². The Bertz CT molecular complexity index is 338. The Morgan fingerprint density at radius 2 is 2.13 bits per heavy atom. The van der Waals surface area contributed by atoms with Crippen molar-refractivity contribution < 1.29 is 10.1 Å². The van der Waals surface area contributed by atoms with Crippen LogP contribution in [0.2, 0.25) is 0 Å². The van der Waals surface area contributed by atoms with Gasteiger partial charge < -0.3 is 10.1 Å². The van der Waals surface area contributed by atoms with Crippen LogP contribution in [0.15, 0.2) is 36.9 Å². The smallest absolute Gasteiger partial charge is 0.137 e. The Morgan fingerprint density at radius 3 is 2.73 bits per heavy atom. The molecule has 78 valence electrons. The van der Waals surface area contributed by atoms with Gasteiger partial charge in [0.1, 0.15) is 18.9 Å². The van der Waals surface area contributed by atoms with Crippen LogP contribution in [0, 0.1) is 11.3 Å². The van der Waals surface area contributed by atoms with E-state index in [9.17, 15) is 0 Å². The molecule has 0 saturated heterocycles. The molecule has 0 radical (unpaired) electrons. The monoisotopic (exact) mass is 203 g/mol. The van der Waals surface area contributed by atoms with Gasteiger partial charge >= 0.3 is 0 Å². The van der Waals surface area contributed by atoms with Crippen LogP contribution in [0.1, 0.15) is 5.56 Å². The van der Waals surface area contributed by atoms with Crippen LogP contribution in [-0.4, -0.2) is 19.7 Å². The standard InChI is InChI=1S/C12H14N2O/c1-2-7-14-8-9-15-12-5-3-11(10-13)4-6-12/h2-6,14H,1,7-9H2/p+1. The maximum absolute atomic E-state index is 8.60. The molecule has 0 atom stereocenters. The molecule has 0 amide bonds. The molecule has 0 aromatic heterocycles. The molecule has 0 unspecified atom stereocenters. The molecule has 0 spiro atoms. The van der Waals surface area contributed by atoms with Crippen molar-refractivity contribution in [2.45, 2.75) is 0 Å². The molecule has 0 aliphatic rings. The van der Waals surface area contributed by atoms with Crippen molar-refractivity contribution in [3.8, 4) is 11.8 Å². The fraction of sp³-hybridized carbons (Fsp3) is 0.250. The van der Waals surface area contributed by atoms with Crippen molar-refractivity contribution in [2.24, 2.45) is 0 Å². The van der Waals surface area contributed by atoms with E-state index in [0.717, 1.165) is 18.8 Å². The summed E-state index contributed by atoms with van der Waals surface area (Å²) in [4.78, 5) is 0. The second-order valence-corrected chi connectivity index (χ2v) is 3.09. The summed E-state index contributed by atoms with van der Waals surface area (Å²) in [6, 6.07) is 9.19. The molecule has 3 heteroatoms. The second kappa shape index (κ2) is 6.63. The zero-order valence-corrected chi connectivity index (χ0v) is 8.65. The number of hydrogen-bond acceptors (Lipinski definition) is 2. The number of benzene rings is 1. The van der Waals surface area contributed by atoms with E-state index in [0.29, 0.717) is 12.2 Å². The molecule has 1 rings (SSSR count). The minimum absolute atomic E-state index is 0.653. The summed E-state index contributed by atoms with van der Waals surface area (Å²) in [7, 11) is 0. The van der Waals surface area contributed by atoms with Gasteiger partial charge in [-0.15, -0.1) is 0 Å². The van der Waals surface area contributed by atoms with Crippen LogP contribution in [0.5, 0.6) is 5.75 Å². The van der Waals surface area contributed by atoms with Gasteiger partial charge in [-0.3, -0.25) is 0 Å². The quantitative estimate of drug-likeness (QED) is 0.546. The Hall–Kier alpha value is -1.79. The van der Waals surface area contributed by atoms with E-state index < -0.39 is 0 Å². The summed E-state index contributed by atoms with van der Waals surface area (Å²) in [6.45, 7) is 6.12. The van der Waals surface area contributed by atoms with Crippen LogP contribution in [-0.2, 0) is 0 Å². The molecular formula is C12H15N2O+. The van der Waals surface area contributed by atoms with Gasteiger partial charge in [0.15, 0.2) is 0 Å². The molecule has 0 aliphatic carbocycles. The number of hydrogen-bond donors (Lipinski definition) is 1. The first-order valence-corrected chi connectivity index (χ1v) is 4.92. The Kier molecular flexibility index (Phi) is 4.99. The number of nitrogens with zero attached hydrogens (tertiary/aromatic N) is 1. The minimum Gasteiger partial charge on any atom is -0.488 e. The largest absolute Gasteiger partial charge is 0.488 e. The average molecular weight is 203 g/mol. The summed E-state index contributed by atoms with van der Waals surface area (Å²) in [5, 5.41) is 10.7. The third-order valence-corrected chi connectivity index (χ3v) is 1.91. The van der Waals surface area contributed by atoms with E-state index in [1.54, 1.807) is 12.1 Å². The molecule has 0 heterocycles. The van der Waals surface area contributed by atoms with E-state index in [1.807, 2.05) is 18.2 Å². The van der Waals surface area contributed by atoms with Gasteiger partial charge in [0.05, 0.1) is 18.2 Å². The Balaban J connectivity index is 2.26. The van der Waals surface area contributed by atoms with E-state index in [1.165, 1.54) is 0 Å². The van der Waals surface area contributed by atoms with E-state index in [4.69, 9.17) is 10.00 Å². The fourth-order valence-corrected chi connectivity index (χ4v) is 1.12. The first-order chi connectivity index (χ1) is 7.36. The van der Waals surface area contributed by atoms with Gasteiger partial charge in [-0.05, 0) is 30.3 Å². The Morgan fingerprint density at radius 1 is 1.40 bits per heavy atom. The summed E-state index contributed by atoms with van der Waals surface area (Å²) in [6.07, 6.45) is 1.86. The van der Waals surface area contributed by atoms with Gasteiger partial charge in [-0.25, -0.2) is 0 Å². The zero-order chi connectivity index (χ0) is 10.9. The lowest BCUT2D eigenvalue weighted by Crippen LogP contribution is -2.85. The number of quaternary nitrogens is 1. The summed E-state index contributed by atoms with van der Waals surface area (Å²) < 4.78 is 5.48. The van der Waals surface area contributed by atoms with E-state index in [2.05, 4.69) is 18.0 Å². The van der Waals surface area contributed by atoms with Crippen molar-refractivity contribution in [1.29, 1.82) is 5.26 Å². The molecule has 0 bridgehead atoms. The third-order valence-electron chi connectivity index (χ3n) is 1.91. The first kappa shape index (κ1) is 11.3. The number of rotatable bonds is 6. The highest BCUT2D eigenvalue weighted by molar-refractivity contribution is 5.34. The zero-order valence-electron chi connectivity index (χ0n) is 8.65. The van der Waals surface area contributed by atoms with Gasteiger partial charge in [-0.1, -0.05) is 6.58 Å². The van der Waals surface area contributed by atoms with Crippen molar-refractivity contribution >= 4 is 0 Å². The highest BCUT2D eigenvalue weighted by Gasteiger charge is 1.94. The van der Waals surface area contributed by atoms with Crippen molar-refractivity contribution in [1.82, 2.24) is 0 Å². The topological polar surface area (TPSA) is 49.6 Å². The maximum Gasteiger partial charge on any atom is 0.137 e. The predicted molar refractivity (Wildman–Crippen MR) is 58.5 cm³/mol. The molecular weight excluding hydrogens is 188 g/mol. The lowest BCUT2D eigenvalue weighted by atomic mass is 10.2.